The number of hydrogen-bond acceptors (Lipinski definition) is 6. The molecule has 0 aliphatic carbocycles. The number of para-hydroxylation sites is 2. The lowest BCUT2D eigenvalue weighted by Crippen LogP contribution is -2.09. The standard InChI is InChI=1S/C25H26N4O2/c1-16(2)24-29-28-22(31-24)14-8-10-18-9-7-11-19(15-18)23-25(30-17(3)4)27-21-13-6-5-12-20(21)26-23/h5-13,15-17H,14H2,1-4H3/b10-8+. The second-order valence-corrected chi connectivity index (χ2v) is 7.95. The first-order valence-corrected chi connectivity index (χ1v) is 10.5. The topological polar surface area (TPSA) is 73.9 Å². The molecule has 2 aromatic heterocycles. The summed E-state index contributed by atoms with van der Waals surface area (Å²) in [6.07, 6.45) is 4.65. The molecule has 31 heavy (non-hydrogen) atoms. The molecular formula is C25H26N4O2. The number of ether oxygens (including phenoxy) is 1. The minimum atomic E-state index is 0.00225. The maximum absolute atomic E-state index is 5.99. The Kier molecular flexibility index (Phi) is 6.07. The molecule has 158 valence electrons. The van der Waals surface area contributed by atoms with Gasteiger partial charge in [-0.2, -0.15) is 0 Å². The van der Waals surface area contributed by atoms with Gasteiger partial charge < -0.3 is 9.15 Å². The van der Waals surface area contributed by atoms with E-state index in [0.29, 0.717) is 24.1 Å². The zero-order valence-corrected chi connectivity index (χ0v) is 18.2. The highest BCUT2D eigenvalue weighted by molar-refractivity contribution is 5.80. The first-order valence-electron chi connectivity index (χ1n) is 10.5. The van der Waals surface area contributed by atoms with Crippen LogP contribution in [0.15, 0.2) is 59.0 Å². The Morgan fingerprint density at radius 2 is 1.71 bits per heavy atom. The molecule has 0 N–H and O–H groups in total. The van der Waals surface area contributed by atoms with Crippen molar-refractivity contribution in [1.29, 1.82) is 0 Å². The summed E-state index contributed by atoms with van der Waals surface area (Å²) in [6.45, 7) is 8.04. The predicted molar refractivity (Wildman–Crippen MR) is 122 cm³/mol. The summed E-state index contributed by atoms with van der Waals surface area (Å²) in [4.78, 5) is 9.55. The van der Waals surface area contributed by atoms with Gasteiger partial charge in [0.2, 0.25) is 17.7 Å². The summed E-state index contributed by atoms with van der Waals surface area (Å²) in [5, 5.41) is 8.17. The predicted octanol–water partition coefficient (Wildman–Crippen LogP) is 5.85. The Bertz CT molecular complexity index is 1210. The number of nitrogens with zero attached hydrogens (tertiary/aromatic N) is 4. The molecule has 0 fully saturated rings. The van der Waals surface area contributed by atoms with Crippen LogP contribution in [0.2, 0.25) is 0 Å². The molecule has 6 nitrogen and oxygen atoms in total. The maximum atomic E-state index is 5.99. The molecule has 0 spiro atoms. The lowest BCUT2D eigenvalue weighted by Gasteiger charge is -2.14. The smallest absolute Gasteiger partial charge is 0.241 e. The van der Waals surface area contributed by atoms with Crippen molar-refractivity contribution >= 4 is 17.1 Å². The highest BCUT2D eigenvalue weighted by Gasteiger charge is 2.14. The zero-order chi connectivity index (χ0) is 21.8. The van der Waals surface area contributed by atoms with Crippen LogP contribution in [0.4, 0.5) is 0 Å². The van der Waals surface area contributed by atoms with Gasteiger partial charge in [-0.3, -0.25) is 0 Å². The molecule has 0 amide bonds. The molecule has 0 radical (unpaired) electrons. The van der Waals surface area contributed by atoms with Crippen LogP contribution in [0.1, 0.15) is 51.0 Å². The van der Waals surface area contributed by atoms with E-state index in [9.17, 15) is 0 Å². The van der Waals surface area contributed by atoms with Gasteiger partial charge in [-0.25, -0.2) is 9.97 Å². The van der Waals surface area contributed by atoms with Gasteiger partial charge in [0.05, 0.1) is 17.1 Å². The molecule has 6 heteroatoms. The normalized spacial score (nSPS) is 11.8. The number of allylic oxidation sites excluding steroid dienone is 1. The van der Waals surface area contributed by atoms with E-state index in [4.69, 9.17) is 19.1 Å². The molecule has 2 aromatic carbocycles. The summed E-state index contributed by atoms with van der Waals surface area (Å²) in [5.74, 6) is 2.05. The van der Waals surface area contributed by atoms with Gasteiger partial charge >= 0.3 is 0 Å². The summed E-state index contributed by atoms with van der Waals surface area (Å²) >= 11 is 0. The zero-order valence-electron chi connectivity index (χ0n) is 18.2. The van der Waals surface area contributed by atoms with E-state index in [2.05, 4.69) is 16.3 Å². The third-order valence-corrected chi connectivity index (χ3v) is 4.63. The van der Waals surface area contributed by atoms with Crippen LogP contribution in [0.3, 0.4) is 0 Å². The first kappa shape index (κ1) is 20.7. The summed E-state index contributed by atoms with van der Waals surface area (Å²) in [5.41, 5.74) is 4.40. The van der Waals surface area contributed by atoms with Crippen molar-refractivity contribution in [2.45, 2.75) is 46.1 Å². The molecule has 0 bridgehead atoms. The fourth-order valence-corrected chi connectivity index (χ4v) is 3.15. The third-order valence-electron chi connectivity index (χ3n) is 4.63. The van der Waals surface area contributed by atoms with Gasteiger partial charge in [0.1, 0.15) is 5.69 Å². The van der Waals surface area contributed by atoms with E-state index in [1.165, 1.54) is 0 Å². The monoisotopic (exact) mass is 414 g/mol. The molecule has 4 rings (SSSR count). The van der Waals surface area contributed by atoms with Crippen molar-refractivity contribution in [2.24, 2.45) is 0 Å². The van der Waals surface area contributed by atoms with Crippen molar-refractivity contribution in [3.63, 3.8) is 0 Å². The van der Waals surface area contributed by atoms with Crippen molar-refractivity contribution < 1.29 is 9.15 Å². The fraction of sp³-hybridized carbons (Fsp3) is 0.280. The number of aromatic nitrogens is 4. The minimum Gasteiger partial charge on any atom is -0.473 e. The summed E-state index contributed by atoms with van der Waals surface area (Å²) < 4.78 is 11.7. The molecule has 0 saturated carbocycles. The van der Waals surface area contributed by atoms with Gasteiger partial charge in [0.25, 0.3) is 0 Å². The summed E-state index contributed by atoms with van der Waals surface area (Å²) in [7, 11) is 0. The van der Waals surface area contributed by atoms with Crippen LogP contribution >= 0.6 is 0 Å². The number of rotatable bonds is 7. The average molecular weight is 415 g/mol. The van der Waals surface area contributed by atoms with E-state index >= 15 is 0 Å². The Balaban J connectivity index is 1.61. The van der Waals surface area contributed by atoms with Crippen LogP contribution in [-0.4, -0.2) is 26.3 Å². The fourth-order valence-electron chi connectivity index (χ4n) is 3.15. The van der Waals surface area contributed by atoms with Crippen LogP contribution in [0, 0.1) is 0 Å². The quantitative estimate of drug-likeness (QED) is 0.378. The molecule has 0 unspecified atom stereocenters. The molecule has 0 atom stereocenters. The first-order chi connectivity index (χ1) is 15.0. The second-order valence-electron chi connectivity index (χ2n) is 7.95. The van der Waals surface area contributed by atoms with E-state index in [1.807, 2.05) is 82.3 Å². The van der Waals surface area contributed by atoms with E-state index < -0.39 is 0 Å². The van der Waals surface area contributed by atoms with Crippen LogP contribution < -0.4 is 4.74 Å². The molecule has 0 saturated heterocycles. The van der Waals surface area contributed by atoms with Crippen molar-refractivity contribution in [2.75, 3.05) is 0 Å². The van der Waals surface area contributed by atoms with Gasteiger partial charge in [0, 0.05) is 17.9 Å². The SMILES string of the molecule is CC(C)Oc1nc2ccccc2nc1-c1cccc(/C=C/Cc2nnc(C(C)C)o2)c1. The Morgan fingerprint density at radius 1 is 0.935 bits per heavy atom. The van der Waals surface area contributed by atoms with E-state index in [-0.39, 0.29) is 12.0 Å². The Hall–Kier alpha value is -3.54. The van der Waals surface area contributed by atoms with Gasteiger partial charge in [0.15, 0.2) is 0 Å². The van der Waals surface area contributed by atoms with Gasteiger partial charge in [-0.05, 0) is 37.6 Å². The average Bonchev–Trinajstić information content (AvgIpc) is 3.22. The third kappa shape index (κ3) is 4.97. The largest absolute Gasteiger partial charge is 0.473 e. The lowest BCUT2D eigenvalue weighted by atomic mass is 10.1. The number of fused-ring (bicyclic) bond motifs is 1. The van der Waals surface area contributed by atoms with Crippen molar-refractivity contribution in [3.05, 3.63) is 72.0 Å². The van der Waals surface area contributed by atoms with Crippen molar-refractivity contribution in [3.8, 4) is 17.1 Å². The highest BCUT2D eigenvalue weighted by atomic mass is 16.5. The molecule has 0 aliphatic rings. The van der Waals surface area contributed by atoms with E-state index in [1.54, 1.807) is 0 Å². The molecular weight excluding hydrogens is 388 g/mol. The molecule has 2 heterocycles. The highest BCUT2D eigenvalue weighted by Crippen LogP contribution is 2.30. The second kappa shape index (κ2) is 9.08. The van der Waals surface area contributed by atoms with Crippen LogP contribution in [0.25, 0.3) is 28.4 Å². The van der Waals surface area contributed by atoms with E-state index in [0.717, 1.165) is 27.9 Å². The minimum absolute atomic E-state index is 0.00225. The number of benzene rings is 2. The Labute approximate surface area is 182 Å². The maximum Gasteiger partial charge on any atom is 0.241 e. The van der Waals surface area contributed by atoms with Crippen LogP contribution in [-0.2, 0) is 6.42 Å². The van der Waals surface area contributed by atoms with Gasteiger partial charge in [-0.1, -0.05) is 56.3 Å². The van der Waals surface area contributed by atoms with Crippen LogP contribution in [0.5, 0.6) is 5.88 Å². The van der Waals surface area contributed by atoms with Crippen molar-refractivity contribution in [1.82, 2.24) is 20.2 Å². The molecule has 0 aliphatic heterocycles. The molecule has 4 aromatic rings. The lowest BCUT2D eigenvalue weighted by molar-refractivity contribution is 0.234. The van der Waals surface area contributed by atoms with Gasteiger partial charge in [-0.15, -0.1) is 10.2 Å². The Morgan fingerprint density at radius 3 is 2.42 bits per heavy atom. The number of hydrogen-bond donors (Lipinski definition) is 0. The summed E-state index contributed by atoms with van der Waals surface area (Å²) in [6, 6.07) is 16.0.